The Labute approximate surface area is 119 Å². The molecule has 4 heteroatoms. The second-order valence-electron chi connectivity index (χ2n) is 4.99. The molecule has 2 heterocycles. The lowest BCUT2D eigenvalue weighted by Crippen LogP contribution is -1.99. The number of benzene rings is 2. The second-order valence-corrected chi connectivity index (χ2v) is 4.99. The topological polar surface area (TPSA) is 56.2 Å². The largest absolute Gasteiger partial charge is 0.422 e. The number of nitrogens with zero attached hydrogens (tertiary/aromatic N) is 1. The number of hydrogen-bond donors (Lipinski definition) is 0. The molecule has 0 unspecified atom stereocenters. The van der Waals surface area contributed by atoms with E-state index in [1.54, 1.807) is 0 Å². The molecular formula is C17H11NO3. The van der Waals surface area contributed by atoms with Crippen LogP contribution >= 0.6 is 0 Å². The van der Waals surface area contributed by atoms with Crippen molar-refractivity contribution in [2.75, 3.05) is 0 Å². The predicted octanol–water partition coefficient (Wildman–Crippen LogP) is 3.91. The maximum absolute atomic E-state index is 12.3. The van der Waals surface area contributed by atoms with Crippen LogP contribution < -0.4 is 5.63 Å². The van der Waals surface area contributed by atoms with Crippen LogP contribution in [0.3, 0.4) is 0 Å². The first kappa shape index (κ1) is 11.9. The Kier molecular flexibility index (Phi) is 2.44. The molecule has 2 aromatic carbocycles. The van der Waals surface area contributed by atoms with E-state index in [9.17, 15) is 4.79 Å². The van der Waals surface area contributed by atoms with Gasteiger partial charge in [0.2, 0.25) is 0 Å². The van der Waals surface area contributed by atoms with E-state index in [0.717, 1.165) is 16.5 Å². The molecule has 0 aliphatic heterocycles. The Bertz CT molecular complexity index is 1010. The van der Waals surface area contributed by atoms with Gasteiger partial charge in [0.1, 0.15) is 16.7 Å². The molecule has 2 aromatic heterocycles. The third-order valence-electron chi connectivity index (χ3n) is 3.53. The van der Waals surface area contributed by atoms with Gasteiger partial charge in [0, 0.05) is 5.56 Å². The summed E-state index contributed by atoms with van der Waals surface area (Å²) >= 11 is 0. The molecule has 0 radical (unpaired) electrons. The fourth-order valence-corrected chi connectivity index (χ4v) is 2.51. The van der Waals surface area contributed by atoms with Crippen LogP contribution in [0.4, 0.5) is 0 Å². The van der Waals surface area contributed by atoms with Crippen LogP contribution in [0, 0.1) is 6.92 Å². The molecule has 0 atom stereocenters. The summed E-state index contributed by atoms with van der Waals surface area (Å²) < 4.78 is 10.8. The first-order valence-electron chi connectivity index (χ1n) is 6.62. The lowest BCUT2D eigenvalue weighted by atomic mass is 10.1. The van der Waals surface area contributed by atoms with Crippen molar-refractivity contribution in [3.63, 3.8) is 0 Å². The predicted molar refractivity (Wildman–Crippen MR) is 80.2 cm³/mol. The average molecular weight is 277 g/mol. The van der Waals surface area contributed by atoms with Gasteiger partial charge in [-0.3, -0.25) is 0 Å². The number of rotatable bonds is 1. The average Bonchev–Trinajstić information content (AvgIpc) is 2.93. The molecule has 0 fully saturated rings. The highest BCUT2D eigenvalue weighted by atomic mass is 16.5. The van der Waals surface area contributed by atoms with E-state index in [-0.39, 0.29) is 0 Å². The van der Waals surface area contributed by atoms with Gasteiger partial charge in [0.25, 0.3) is 0 Å². The molecule has 0 aliphatic carbocycles. The lowest BCUT2D eigenvalue weighted by molar-refractivity contribution is 0.460. The van der Waals surface area contributed by atoms with Gasteiger partial charge >= 0.3 is 5.63 Å². The van der Waals surface area contributed by atoms with Gasteiger partial charge in [0.05, 0.1) is 5.39 Å². The molecule has 0 saturated heterocycles. The smallest absolute Gasteiger partial charge is 0.349 e. The minimum absolute atomic E-state index is 0.387. The first-order valence-corrected chi connectivity index (χ1v) is 6.62. The fraction of sp³-hybridized carbons (Fsp3) is 0.0588. The molecule has 0 saturated carbocycles. The second kappa shape index (κ2) is 4.31. The number of fused-ring (bicyclic) bond motifs is 3. The molecule has 4 rings (SSSR count). The Morgan fingerprint density at radius 2 is 1.86 bits per heavy atom. The summed E-state index contributed by atoms with van der Waals surface area (Å²) in [4.78, 5) is 12.3. The highest BCUT2D eigenvalue weighted by molar-refractivity contribution is 6.05. The first-order chi connectivity index (χ1) is 10.2. The summed E-state index contributed by atoms with van der Waals surface area (Å²) in [5.74, 6) is 0. The minimum Gasteiger partial charge on any atom is -0.422 e. The molecule has 0 bridgehead atoms. The van der Waals surface area contributed by atoms with Crippen LogP contribution in [0.2, 0.25) is 0 Å². The summed E-state index contributed by atoms with van der Waals surface area (Å²) in [5.41, 5.74) is 2.93. The van der Waals surface area contributed by atoms with E-state index in [4.69, 9.17) is 8.94 Å². The Balaban J connectivity index is 2.14. The quantitative estimate of drug-likeness (QED) is 0.495. The Morgan fingerprint density at radius 3 is 2.67 bits per heavy atom. The normalized spacial score (nSPS) is 11.3. The van der Waals surface area contributed by atoms with Crippen molar-refractivity contribution < 1.29 is 8.94 Å². The molecule has 4 aromatic rings. The molecule has 4 nitrogen and oxygen atoms in total. The summed E-state index contributed by atoms with van der Waals surface area (Å²) in [6.45, 7) is 1.94. The molecule has 0 spiro atoms. The van der Waals surface area contributed by atoms with E-state index in [2.05, 4.69) is 5.16 Å². The van der Waals surface area contributed by atoms with Gasteiger partial charge in [-0.2, -0.15) is 0 Å². The zero-order chi connectivity index (χ0) is 14.4. The van der Waals surface area contributed by atoms with E-state index < -0.39 is 5.63 Å². The fourth-order valence-electron chi connectivity index (χ4n) is 2.51. The lowest BCUT2D eigenvalue weighted by Gasteiger charge is -1.99. The number of aromatic nitrogens is 1. The third-order valence-corrected chi connectivity index (χ3v) is 3.53. The van der Waals surface area contributed by atoms with Crippen LogP contribution in [0.15, 0.2) is 62.3 Å². The standard InChI is InChI=1S/C17H11NO3/c1-10-7-8-12-13(9-10)20-17(19)14-15(18-21-16(12)14)11-5-3-2-4-6-11/h2-9H,1H3. The van der Waals surface area contributed by atoms with E-state index in [1.807, 2.05) is 55.5 Å². The van der Waals surface area contributed by atoms with Crippen LogP contribution in [0.25, 0.3) is 33.2 Å². The molecule has 0 N–H and O–H groups in total. The van der Waals surface area contributed by atoms with Gasteiger partial charge in [-0.15, -0.1) is 0 Å². The zero-order valence-corrected chi connectivity index (χ0v) is 11.3. The maximum Gasteiger partial charge on any atom is 0.349 e. The van der Waals surface area contributed by atoms with E-state index >= 15 is 0 Å². The molecule has 21 heavy (non-hydrogen) atoms. The van der Waals surface area contributed by atoms with Crippen molar-refractivity contribution in [1.29, 1.82) is 0 Å². The minimum atomic E-state index is -0.428. The summed E-state index contributed by atoms with van der Waals surface area (Å²) in [5, 5.41) is 5.21. The van der Waals surface area contributed by atoms with E-state index in [0.29, 0.717) is 22.2 Å². The highest BCUT2D eigenvalue weighted by Crippen LogP contribution is 2.30. The Morgan fingerprint density at radius 1 is 1.05 bits per heavy atom. The molecule has 102 valence electrons. The van der Waals surface area contributed by atoms with Crippen molar-refractivity contribution in [2.45, 2.75) is 6.92 Å². The van der Waals surface area contributed by atoms with Crippen molar-refractivity contribution in [3.05, 3.63) is 64.5 Å². The number of hydrogen-bond acceptors (Lipinski definition) is 4. The van der Waals surface area contributed by atoms with Crippen molar-refractivity contribution in [2.24, 2.45) is 0 Å². The monoisotopic (exact) mass is 277 g/mol. The van der Waals surface area contributed by atoms with Crippen LogP contribution in [-0.2, 0) is 0 Å². The molecule has 0 amide bonds. The van der Waals surface area contributed by atoms with Gasteiger partial charge in [-0.25, -0.2) is 4.79 Å². The zero-order valence-electron chi connectivity index (χ0n) is 11.3. The van der Waals surface area contributed by atoms with Crippen molar-refractivity contribution >= 4 is 21.9 Å². The maximum atomic E-state index is 12.3. The van der Waals surface area contributed by atoms with Gasteiger partial charge in [0.15, 0.2) is 5.58 Å². The van der Waals surface area contributed by atoms with E-state index in [1.165, 1.54) is 0 Å². The summed E-state index contributed by atoms with van der Waals surface area (Å²) in [6.07, 6.45) is 0. The number of aryl methyl sites for hydroxylation is 1. The van der Waals surface area contributed by atoms with Crippen LogP contribution in [0.1, 0.15) is 5.56 Å². The molecular weight excluding hydrogens is 266 g/mol. The highest BCUT2D eigenvalue weighted by Gasteiger charge is 2.18. The third kappa shape index (κ3) is 1.76. The van der Waals surface area contributed by atoms with Crippen molar-refractivity contribution in [1.82, 2.24) is 5.16 Å². The van der Waals surface area contributed by atoms with Gasteiger partial charge in [-0.05, 0) is 24.6 Å². The summed E-state index contributed by atoms with van der Waals surface area (Å²) in [7, 11) is 0. The SMILES string of the molecule is Cc1ccc2c(c1)oc(=O)c1c(-c3ccccc3)noc12. The Hall–Kier alpha value is -2.88. The van der Waals surface area contributed by atoms with Crippen molar-refractivity contribution in [3.8, 4) is 11.3 Å². The van der Waals surface area contributed by atoms with Crippen LogP contribution in [-0.4, -0.2) is 5.16 Å². The van der Waals surface area contributed by atoms with Crippen LogP contribution in [0.5, 0.6) is 0 Å². The van der Waals surface area contributed by atoms with Gasteiger partial charge in [-0.1, -0.05) is 41.6 Å². The molecule has 0 aliphatic rings. The van der Waals surface area contributed by atoms with Gasteiger partial charge < -0.3 is 8.94 Å². The summed E-state index contributed by atoms with van der Waals surface area (Å²) in [6, 6.07) is 15.1.